The number of anilines is 2. The van der Waals surface area contributed by atoms with Crippen molar-refractivity contribution < 1.29 is 14.3 Å². The van der Waals surface area contributed by atoms with Gasteiger partial charge in [-0.2, -0.15) is 0 Å². The van der Waals surface area contributed by atoms with Crippen molar-refractivity contribution in [3.05, 3.63) is 47.4 Å². The third-order valence-electron chi connectivity index (χ3n) is 7.38. The standard InChI is InChI=1S/C28H39N5O3/c1-17-15-30-25(16-29-17)31-26-18(2)19(3)33(20(4)34)24-9-8-22(14-23(24)26)21-10-12-32(13-11-21)27(35)36-28(5,6)7/h8-9,14-16,18-19,21,26H,10-13H2,1-7H3,(H,30,31)/t18?,19-,26?/m0/s1. The maximum Gasteiger partial charge on any atom is 0.410 e. The number of aromatic nitrogens is 2. The van der Waals surface area contributed by atoms with Gasteiger partial charge in [0.05, 0.1) is 24.1 Å². The quantitative estimate of drug-likeness (QED) is 0.612. The largest absolute Gasteiger partial charge is 0.444 e. The summed E-state index contributed by atoms with van der Waals surface area (Å²) in [5.41, 5.74) is 3.66. The maximum absolute atomic E-state index is 12.6. The number of fused-ring (bicyclic) bond motifs is 1. The Morgan fingerprint density at radius 3 is 2.36 bits per heavy atom. The van der Waals surface area contributed by atoms with Crippen LogP contribution in [0.15, 0.2) is 30.6 Å². The molecule has 1 aromatic carbocycles. The second-order valence-corrected chi connectivity index (χ2v) is 11.2. The van der Waals surface area contributed by atoms with Crippen LogP contribution in [0.5, 0.6) is 0 Å². The van der Waals surface area contributed by atoms with Gasteiger partial charge in [-0.25, -0.2) is 9.78 Å². The van der Waals surface area contributed by atoms with Crippen LogP contribution < -0.4 is 10.2 Å². The highest BCUT2D eigenvalue weighted by Crippen LogP contribution is 2.44. The summed E-state index contributed by atoms with van der Waals surface area (Å²) >= 11 is 0. The Morgan fingerprint density at radius 2 is 1.78 bits per heavy atom. The summed E-state index contributed by atoms with van der Waals surface area (Å²) in [6, 6.07) is 6.51. The molecule has 0 radical (unpaired) electrons. The van der Waals surface area contributed by atoms with Crippen LogP contribution in [0.25, 0.3) is 0 Å². The molecule has 2 amide bonds. The van der Waals surface area contributed by atoms with E-state index in [1.54, 1.807) is 19.3 Å². The molecule has 3 atom stereocenters. The van der Waals surface area contributed by atoms with Crippen molar-refractivity contribution in [1.29, 1.82) is 0 Å². The molecule has 2 aliphatic rings. The second kappa shape index (κ2) is 10.1. The smallest absolute Gasteiger partial charge is 0.410 e. The summed E-state index contributed by atoms with van der Waals surface area (Å²) in [6.07, 6.45) is 5.04. The lowest BCUT2D eigenvalue weighted by atomic mass is 9.80. The van der Waals surface area contributed by atoms with E-state index in [1.165, 1.54) is 5.56 Å². The van der Waals surface area contributed by atoms with Crippen molar-refractivity contribution in [2.45, 2.75) is 84.9 Å². The van der Waals surface area contributed by atoms with Crippen molar-refractivity contribution in [2.24, 2.45) is 5.92 Å². The van der Waals surface area contributed by atoms with Gasteiger partial charge in [0, 0.05) is 37.7 Å². The summed E-state index contributed by atoms with van der Waals surface area (Å²) in [5, 5.41) is 3.60. The number of carbonyl (C=O) groups is 2. The van der Waals surface area contributed by atoms with Crippen molar-refractivity contribution in [3.8, 4) is 0 Å². The molecule has 8 heteroatoms. The van der Waals surface area contributed by atoms with Gasteiger partial charge < -0.3 is 19.9 Å². The van der Waals surface area contributed by atoms with Crippen molar-refractivity contribution in [1.82, 2.24) is 14.9 Å². The fourth-order valence-corrected chi connectivity index (χ4v) is 5.33. The van der Waals surface area contributed by atoms with Gasteiger partial charge >= 0.3 is 6.09 Å². The molecule has 0 bridgehead atoms. The van der Waals surface area contributed by atoms with Crippen LogP contribution in [0.4, 0.5) is 16.3 Å². The van der Waals surface area contributed by atoms with E-state index >= 15 is 0 Å². The van der Waals surface area contributed by atoms with Gasteiger partial charge in [0.15, 0.2) is 0 Å². The van der Waals surface area contributed by atoms with E-state index in [0.717, 1.165) is 35.6 Å². The number of nitrogens with one attached hydrogen (secondary N) is 1. The van der Waals surface area contributed by atoms with Crippen molar-refractivity contribution >= 4 is 23.5 Å². The molecule has 194 valence electrons. The molecule has 0 aliphatic carbocycles. The zero-order chi connectivity index (χ0) is 26.2. The van der Waals surface area contributed by atoms with Crippen LogP contribution in [-0.4, -0.2) is 51.6 Å². The van der Waals surface area contributed by atoms with Gasteiger partial charge in [0.25, 0.3) is 0 Å². The normalized spacial score (nSPS) is 22.7. The molecule has 2 aliphatic heterocycles. The SMILES string of the molecule is CC(=O)N1c2ccc(C3CCN(C(=O)OC(C)(C)C)CC3)cc2C(Nc2cnc(C)cn2)C(C)[C@@H]1C. The van der Waals surface area contributed by atoms with Gasteiger partial charge in [0.2, 0.25) is 5.91 Å². The summed E-state index contributed by atoms with van der Waals surface area (Å²) in [7, 11) is 0. The first kappa shape index (κ1) is 25.9. The molecule has 1 fully saturated rings. The van der Waals surface area contributed by atoms with Crippen LogP contribution in [0.3, 0.4) is 0 Å². The fraction of sp³-hybridized carbons (Fsp3) is 0.571. The van der Waals surface area contributed by atoms with Crippen LogP contribution in [0, 0.1) is 12.8 Å². The van der Waals surface area contributed by atoms with Gasteiger partial charge in [0.1, 0.15) is 11.4 Å². The maximum atomic E-state index is 12.6. The fourth-order valence-electron chi connectivity index (χ4n) is 5.33. The first-order valence-corrected chi connectivity index (χ1v) is 12.9. The van der Waals surface area contributed by atoms with Crippen LogP contribution >= 0.6 is 0 Å². The predicted molar refractivity (Wildman–Crippen MR) is 141 cm³/mol. The molecule has 2 unspecified atom stereocenters. The van der Waals surface area contributed by atoms with E-state index in [1.807, 2.05) is 37.5 Å². The Morgan fingerprint density at radius 1 is 1.08 bits per heavy atom. The molecule has 2 aromatic rings. The second-order valence-electron chi connectivity index (χ2n) is 11.2. The topological polar surface area (TPSA) is 87.7 Å². The number of hydrogen-bond donors (Lipinski definition) is 1. The Labute approximate surface area is 214 Å². The highest BCUT2D eigenvalue weighted by atomic mass is 16.6. The monoisotopic (exact) mass is 493 g/mol. The minimum Gasteiger partial charge on any atom is -0.444 e. The Bertz CT molecular complexity index is 1100. The lowest BCUT2D eigenvalue weighted by Crippen LogP contribution is -2.48. The van der Waals surface area contributed by atoms with Crippen LogP contribution in [-0.2, 0) is 9.53 Å². The number of aryl methyl sites for hydroxylation is 1. The number of benzene rings is 1. The first-order valence-electron chi connectivity index (χ1n) is 12.9. The third-order valence-corrected chi connectivity index (χ3v) is 7.38. The summed E-state index contributed by atoms with van der Waals surface area (Å²) in [5.74, 6) is 1.27. The number of amides is 2. The minimum absolute atomic E-state index is 0.00981. The number of hydrogen-bond acceptors (Lipinski definition) is 6. The van der Waals surface area contributed by atoms with Crippen LogP contribution in [0.1, 0.15) is 83.2 Å². The molecule has 4 rings (SSSR count). The first-order chi connectivity index (χ1) is 16.9. The van der Waals surface area contributed by atoms with E-state index in [0.29, 0.717) is 19.0 Å². The van der Waals surface area contributed by atoms with E-state index in [4.69, 9.17) is 4.74 Å². The molecular formula is C28H39N5O3. The minimum atomic E-state index is -0.493. The highest BCUT2D eigenvalue weighted by Gasteiger charge is 2.39. The van der Waals surface area contributed by atoms with Crippen molar-refractivity contribution in [3.63, 3.8) is 0 Å². The molecule has 0 spiro atoms. The number of carbonyl (C=O) groups excluding carboxylic acids is 2. The number of piperidine rings is 1. The predicted octanol–water partition coefficient (Wildman–Crippen LogP) is 5.44. The van der Waals surface area contributed by atoms with E-state index in [-0.39, 0.29) is 30.0 Å². The molecule has 8 nitrogen and oxygen atoms in total. The molecule has 1 aromatic heterocycles. The highest BCUT2D eigenvalue weighted by molar-refractivity contribution is 5.94. The zero-order valence-corrected chi connectivity index (χ0v) is 22.5. The lowest BCUT2D eigenvalue weighted by Gasteiger charge is -2.44. The van der Waals surface area contributed by atoms with E-state index in [9.17, 15) is 9.59 Å². The molecular weight excluding hydrogens is 454 g/mol. The molecule has 1 N–H and O–H groups in total. The third kappa shape index (κ3) is 5.47. The van der Waals surface area contributed by atoms with Gasteiger partial charge in [-0.3, -0.25) is 9.78 Å². The number of nitrogens with zero attached hydrogens (tertiary/aromatic N) is 4. The van der Waals surface area contributed by atoms with Gasteiger partial charge in [-0.15, -0.1) is 0 Å². The lowest BCUT2D eigenvalue weighted by molar-refractivity contribution is -0.117. The van der Waals surface area contributed by atoms with Gasteiger partial charge in [-0.1, -0.05) is 19.1 Å². The Balaban J connectivity index is 1.60. The number of rotatable bonds is 3. The molecule has 1 saturated heterocycles. The van der Waals surface area contributed by atoms with E-state index in [2.05, 4.69) is 47.3 Å². The van der Waals surface area contributed by atoms with Crippen LogP contribution in [0.2, 0.25) is 0 Å². The molecule has 36 heavy (non-hydrogen) atoms. The molecule has 3 heterocycles. The summed E-state index contributed by atoms with van der Waals surface area (Å²) in [4.78, 5) is 37.8. The summed E-state index contributed by atoms with van der Waals surface area (Å²) < 4.78 is 5.56. The molecule has 0 saturated carbocycles. The number of ether oxygens (including phenoxy) is 1. The average molecular weight is 494 g/mol. The van der Waals surface area contributed by atoms with E-state index < -0.39 is 5.60 Å². The Hall–Kier alpha value is -3.16. The summed E-state index contributed by atoms with van der Waals surface area (Å²) in [6.45, 7) is 14.8. The average Bonchev–Trinajstić information content (AvgIpc) is 2.82. The number of likely N-dealkylation sites (tertiary alicyclic amines) is 1. The van der Waals surface area contributed by atoms with Gasteiger partial charge in [-0.05, 0) is 70.6 Å². The zero-order valence-electron chi connectivity index (χ0n) is 22.5. The Kier molecular flexibility index (Phi) is 7.25. The van der Waals surface area contributed by atoms with Crippen molar-refractivity contribution in [2.75, 3.05) is 23.3 Å².